The number of aromatic nitrogens is 2. The van der Waals surface area contributed by atoms with Crippen molar-refractivity contribution in [3.8, 4) is 11.1 Å². The highest BCUT2D eigenvalue weighted by molar-refractivity contribution is 7.85. The molecule has 30 heavy (non-hydrogen) atoms. The van der Waals surface area contributed by atoms with E-state index in [9.17, 15) is 4.21 Å². The molecule has 1 aliphatic rings. The molecule has 5 nitrogen and oxygen atoms in total. The van der Waals surface area contributed by atoms with E-state index >= 15 is 0 Å². The lowest BCUT2D eigenvalue weighted by Gasteiger charge is -2.29. The van der Waals surface area contributed by atoms with Gasteiger partial charge in [0.2, 0.25) is 0 Å². The molecule has 0 spiro atoms. The SMILES string of the molecule is CCS(=O)C1CCCC(Nc2nc(CN(C)C)nc3scc(-c4ccccc4)c23)C1. The number of rotatable bonds is 7. The van der Waals surface area contributed by atoms with Crippen LogP contribution in [0.15, 0.2) is 35.7 Å². The van der Waals surface area contributed by atoms with Crippen LogP contribution in [-0.4, -0.2) is 50.2 Å². The molecule has 7 heteroatoms. The van der Waals surface area contributed by atoms with E-state index in [1.807, 2.05) is 27.1 Å². The normalized spacial score (nSPS) is 20.5. The van der Waals surface area contributed by atoms with Crippen molar-refractivity contribution in [3.05, 3.63) is 41.5 Å². The van der Waals surface area contributed by atoms with Crippen LogP contribution in [0.5, 0.6) is 0 Å². The number of nitrogens with one attached hydrogen (secondary N) is 1. The van der Waals surface area contributed by atoms with Crippen molar-refractivity contribution in [2.75, 3.05) is 25.2 Å². The van der Waals surface area contributed by atoms with Crippen LogP contribution in [0.4, 0.5) is 5.82 Å². The second kappa shape index (κ2) is 9.54. The summed E-state index contributed by atoms with van der Waals surface area (Å²) in [5, 5.41) is 7.33. The van der Waals surface area contributed by atoms with Crippen molar-refractivity contribution in [2.24, 2.45) is 0 Å². The summed E-state index contributed by atoms with van der Waals surface area (Å²) in [6.45, 7) is 2.72. The molecule has 3 aromatic rings. The molecule has 160 valence electrons. The Morgan fingerprint density at radius 1 is 1.20 bits per heavy atom. The number of fused-ring (bicyclic) bond motifs is 1. The molecule has 3 unspecified atom stereocenters. The maximum atomic E-state index is 12.4. The Morgan fingerprint density at radius 3 is 2.73 bits per heavy atom. The van der Waals surface area contributed by atoms with E-state index in [1.54, 1.807) is 11.3 Å². The standard InChI is InChI=1S/C23H30N4OS2/c1-4-30(28)18-12-8-11-17(13-18)24-22-21-19(16-9-6-5-7-10-16)15-29-23(21)26-20(25-22)14-27(2)3/h5-7,9-10,15,17-18H,4,8,11-14H2,1-3H3,(H,24,25,26). The van der Waals surface area contributed by atoms with Crippen LogP contribution in [0, 0.1) is 0 Å². The summed E-state index contributed by atoms with van der Waals surface area (Å²) in [7, 11) is 3.34. The van der Waals surface area contributed by atoms with Crippen molar-refractivity contribution >= 4 is 38.2 Å². The highest BCUT2D eigenvalue weighted by atomic mass is 32.2. The predicted molar refractivity (Wildman–Crippen MR) is 129 cm³/mol. The average Bonchev–Trinajstić information content (AvgIpc) is 3.18. The molecule has 1 aromatic carbocycles. The fraction of sp³-hybridized carbons (Fsp3) is 0.478. The molecule has 0 amide bonds. The summed E-state index contributed by atoms with van der Waals surface area (Å²) in [6, 6.07) is 10.8. The average molecular weight is 443 g/mol. The van der Waals surface area contributed by atoms with Gasteiger partial charge in [-0.2, -0.15) is 0 Å². The second-order valence-electron chi connectivity index (χ2n) is 8.22. The Morgan fingerprint density at radius 2 is 2.00 bits per heavy atom. The van der Waals surface area contributed by atoms with E-state index in [-0.39, 0.29) is 5.25 Å². The molecule has 1 fully saturated rings. The first-order valence-electron chi connectivity index (χ1n) is 10.7. The molecule has 1 N–H and O–H groups in total. The van der Waals surface area contributed by atoms with E-state index in [2.05, 4.69) is 39.9 Å². The predicted octanol–water partition coefficient (Wildman–Crippen LogP) is 4.91. The maximum absolute atomic E-state index is 12.4. The van der Waals surface area contributed by atoms with Crippen LogP contribution in [0.25, 0.3) is 21.3 Å². The minimum absolute atomic E-state index is 0.288. The Balaban J connectivity index is 1.72. The van der Waals surface area contributed by atoms with Gasteiger partial charge < -0.3 is 10.2 Å². The first kappa shape index (κ1) is 21.4. The summed E-state index contributed by atoms with van der Waals surface area (Å²) in [5.74, 6) is 2.50. The molecule has 4 rings (SSSR count). The third kappa shape index (κ3) is 4.74. The highest BCUT2D eigenvalue weighted by Crippen LogP contribution is 2.38. The van der Waals surface area contributed by atoms with Crippen LogP contribution in [0.2, 0.25) is 0 Å². The van der Waals surface area contributed by atoms with Gasteiger partial charge in [0.25, 0.3) is 0 Å². The summed E-state index contributed by atoms with van der Waals surface area (Å²) < 4.78 is 12.4. The van der Waals surface area contributed by atoms with E-state index in [4.69, 9.17) is 9.97 Å². The smallest absolute Gasteiger partial charge is 0.146 e. The van der Waals surface area contributed by atoms with Gasteiger partial charge in [-0.3, -0.25) is 4.21 Å². The molecule has 3 atom stereocenters. The molecule has 0 aliphatic heterocycles. The Hall–Kier alpha value is -1.83. The Bertz CT molecular complexity index is 1020. The van der Waals surface area contributed by atoms with E-state index in [0.717, 1.165) is 53.3 Å². The van der Waals surface area contributed by atoms with Gasteiger partial charge in [-0.25, -0.2) is 9.97 Å². The largest absolute Gasteiger partial charge is 0.367 e. The minimum atomic E-state index is -0.735. The van der Waals surface area contributed by atoms with Crippen LogP contribution in [-0.2, 0) is 17.3 Å². The van der Waals surface area contributed by atoms with Crippen molar-refractivity contribution < 1.29 is 4.21 Å². The number of thiophene rings is 1. The molecular weight excluding hydrogens is 412 g/mol. The maximum Gasteiger partial charge on any atom is 0.146 e. The monoisotopic (exact) mass is 442 g/mol. The third-order valence-electron chi connectivity index (χ3n) is 5.65. The molecule has 0 radical (unpaired) electrons. The quantitative estimate of drug-likeness (QED) is 0.563. The summed E-state index contributed by atoms with van der Waals surface area (Å²) in [6.07, 6.45) is 4.22. The van der Waals surface area contributed by atoms with Crippen molar-refractivity contribution in [1.29, 1.82) is 0 Å². The van der Waals surface area contributed by atoms with Gasteiger partial charge in [0.05, 0.1) is 11.9 Å². The molecule has 2 aromatic heterocycles. The molecular formula is C23H30N4OS2. The van der Waals surface area contributed by atoms with Gasteiger partial charge >= 0.3 is 0 Å². The lowest BCUT2D eigenvalue weighted by molar-refractivity contribution is 0.391. The fourth-order valence-corrected chi connectivity index (χ4v) is 6.53. The summed E-state index contributed by atoms with van der Waals surface area (Å²) >= 11 is 1.68. The van der Waals surface area contributed by atoms with Gasteiger partial charge in [0.1, 0.15) is 16.5 Å². The number of hydrogen-bond acceptors (Lipinski definition) is 6. The lowest BCUT2D eigenvalue weighted by Crippen LogP contribution is -2.33. The van der Waals surface area contributed by atoms with E-state index < -0.39 is 10.8 Å². The van der Waals surface area contributed by atoms with E-state index in [1.165, 1.54) is 11.1 Å². The Labute approximate surface area is 185 Å². The van der Waals surface area contributed by atoms with Gasteiger partial charge in [0, 0.05) is 38.8 Å². The number of nitrogens with zero attached hydrogens (tertiary/aromatic N) is 3. The first-order valence-corrected chi connectivity index (χ1v) is 12.9. The van der Waals surface area contributed by atoms with Gasteiger partial charge in [-0.15, -0.1) is 11.3 Å². The molecule has 2 heterocycles. The highest BCUT2D eigenvalue weighted by Gasteiger charge is 2.27. The van der Waals surface area contributed by atoms with E-state index in [0.29, 0.717) is 12.6 Å². The van der Waals surface area contributed by atoms with Gasteiger partial charge in [0.15, 0.2) is 0 Å². The zero-order valence-corrected chi connectivity index (χ0v) is 19.6. The van der Waals surface area contributed by atoms with Crippen molar-refractivity contribution in [3.63, 3.8) is 0 Å². The lowest BCUT2D eigenvalue weighted by atomic mass is 9.94. The zero-order valence-electron chi connectivity index (χ0n) is 17.9. The molecule has 0 saturated heterocycles. The molecule has 1 saturated carbocycles. The zero-order chi connectivity index (χ0) is 21.1. The number of anilines is 1. The molecule has 0 bridgehead atoms. The number of hydrogen-bond donors (Lipinski definition) is 1. The fourth-order valence-electron chi connectivity index (χ4n) is 4.22. The third-order valence-corrected chi connectivity index (χ3v) is 8.26. The van der Waals surface area contributed by atoms with Crippen LogP contribution >= 0.6 is 11.3 Å². The van der Waals surface area contributed by atoms with Gasteiger partial charge in [-0.05, 0) is 38.9 Å². The summed E-state index contributed by atoms with van der Waals surface area (Å²) in [5.41, 5.74) is 2.36. The van der Waals surface area contributed by atoms with Crippen molar-refractivity contribution in [2.45, 2.75) is 50.4 Å². The van der Waals surface area contributed by atoms with Crippen LogP contribution < -0.4 is 5.32 Å². The van der Waals surface area contributed by atoms with Gasteiger partial charge in [-0.1, -0.05) is 43.7 Å². The number of benzene rings is 1. The van der Waals surface area contributed by atoms with Crippen molar-refractivity contribution in [1.82, 2.24) is 14.9 Å². The Kier molecular flexibility index (Phi) is 6.80. The summed E-state index contributed by atoms with van der Waals surface area (Å²) in [4.78, 5) is 12.9. The topological polar surface area (TPSA) is 58.1 Å². The second-order valence-corrected chi connectivity index (χ2v) is 11.1. The first-order chi connectivity index (χ1) is 14.5. The van der Waals surface area contributed by atoms with Crippen LogP contribution in [0.1, 0.15) is 38.4 Å². The van der Waals surface area contributed by atoms with Crippen LogP contribution in [0.3, 0.4) is 0 Å². The molecule has 1 aliphatic carbocycles. The minimum Gasteiger partial charge on any atom is -0.367 e.